The molecule has 0 unspecified atom stereocenters. The highest BCUT2D eigenvalue weighted by molar-refractivity contribution is 14.1. The normalized spacial score (nSPS) is 18.7. The Morgan fingerprint density at radius 3 is 2.33 bits per heavy atom. The lowest BCUT2D eigenvalue weighted by Gasteiger charge is -2.27. The number of hydrogen-bond acceptors (Lipinski definition) is 2. The summed E-state index contributed by atoms with van der Waals surface area (Å²) in [4.78, 5) is 0. The zero-order chi connectivity index (χ0) is 10.7. The lowest BCUT2D eigenvalue weighted by molar-refractivity contribution is 0.369. The first kappa shape index (κ1) is 10.9. The molecule has 0 saturated carbocycles. The van der Waals surface area contributed by atoms with Crippen molar-refractivity contribution < 1.29 is 0 Å². The fraction of sp³-hybridized carbons (Fsp3) is 0.417. The van der Waals surface area contributed by atoms with E-state index >= 15 is 0 Å². The largest absolute Gasteiger partial charge is 0.248 e. The van der Waals surface area contributed by atoms with Crippen LogP contribution in [0.15, 0.2) is 24.3 Å². The summed E-state index contributed by atoms with van der Waals surface area (Å²) < 4.78 is 2.35. The summed E-state index contributed by atoms with van der Waals surface area (Å²) in [5, 5.41) is 8.72. The van der Waals surface area contributed by atoms with Crippen molar-refractivity contribution in [2.75, 3.05) is 13.1 Å². The molecule has 1 aromatic carbocycles. The molecule has 0 spiro atoms. The van der Waals surface area contributed by atoms with Gasteiger partial charge in [0.05, 0.1) is 11.6 Å². The molecule has 1 aromatic rings. The van der Waals surface area contributed by atoms with Gasteiger partial charge in [0.25, 0.3) is 0 Å². The van der Waals surface area contributed by atoms with Crippen molar-refractivity contribution in [3.63, 3.8) is 0 Å². The second-order valence-electron chi connectivity index (χ2n) is 3.92. The van der Waals surface area contributed by atoms with E-state index in [2.05, 4.69) is 44.2 Å². The zero-order valence-electron chi connectivity index (χ0n) is 8.49. The van der Waals surface area contributed by atoms with Crippen LogP contribution < -0.4 is 0 Å². The third-order valence-electron chi connectivity index (χ3n) is 2.95. The van der Waals surface area contributed by atoms with E-state index in [4.69, 9.17) is 5.26 Å². The average molecular weight is 312 g/mol. The number of benzene rings is 1. The highest BCUT2D eigenvalue weighted by Crippen LogP contribution is 2.29. The van der Waals surface area contributed by atoms with Gasteiger partial charge in [0.1, 0.15) is 0 Å². The summed E-state index contributed by atoms with van der Waals surface area (Å²) in [7, 11) is 0. The van der Waals surface area contributed by atoms with Crippen molar-refractivity contribution in [2.45, 2.75) is 18.8 Å². The summed E-state index contributed by atoms with van der Waals surface area (Å²) in [5.74, 6) is 0.684. The van der Waals surface area contributed by atoms with E-state index in [9.17, 15) is 0 Å². The number of piperidine rings is 1. The van der Waals surface area contributed by atoms with Gasteiger partial charge in [-0.15, -0.1) is 0 Å². The molecule has 1 heterocycles. The fourth-order valence-electron chi connectivity index (χ4n) is 2.01. The van der Waals surface area contributed by atoms with E-state index in [0.29, 0.717) is 5.92 Å². The van der Waals surface area contributed by atoms with Crippen LogP contribution in [-0.2, 0) is 0 Å². The molecule has 0 aromatic heterocycles. The van der Waals surface area contributed by atoms with E-state index in [1.54, 1.807) is 0 Å². The molecule has 3 heteroatoms. The van der Waals surface area contributed by atoms with Gasteiger partial charge in [-0.25, -0.2) is 3.11 Å². The summed E-state index contributed by atoms with van der Waals surface area (Å²) in [6, 6.07) is 10.2. The summed E-state index contributed by atoms with van der Waals surface area (Å²) >= 11 is 2.39. The van der Waals surface area contributed by atoms with Crippen molar-refractivity contribution in [1.29, 1.82) is 5.26 Å². The van der Waals surface area contributed by atoms with Crippen molar-refractivity contribution in [3.05, 3.63) is 35.4 Å². The Kier molecular flexibility index (Phi) is 3.60. The molecule has 0 N–H and O–H groups in total. The maximum Gasteiger partial charge on any atom is 0.0991 e. The molecule has 1 saturated heterocycles. The topological polar surface area (TPSA) is 27.0 Å². The fourth-order valence-corrected chi connectivity index (χ4v) is 2.57. The molecule has 0 atom stereocenters. The van der Waals surface area contributed by atoms with Crippen LogP contribution in [0.2, 0.25) is 0 Å². The van der Waals surface area contributed by atoms with Gasteiger partial charge in [0.2, 0.25) is 0 Å². The van der Waals surface area contributed by atoms with Gasteiger partial charge in [0, 0.05) is 36.0 Å². The third kappa shape index (κ3) is 2.70. The van der Waals surface area contributed by atoms with E-state index in [1.807, 2.05) is 12.1 Å². The molecular weight excluding hydrogens is 299 g/mol. The Balaban J connectivity index is 2.07. The number of nitrogens with zero attached hydrogens (tertiary/aromatic N) is 2. The second kappa shape index (κ2) is 4.95. The Hall–Kier alpha value is -0.600. The van der Waals surface area contributed by atoms with Crippen molar-refractivity contribution in [3.8, 4) is 6.07 Å². The lowest BCUT2D eigenvalue weighted by atomic mass is 9.90. The van der Waals surface area contributed by atoms with Crippen LogP contribution in [-0.4, -0.2) is 16.2 Å². The minimum Gasteiger partial charge on any atom is -0.248 e. The van der Waals surface area contributed by atoms with E-state index in [-0.39, 0.29) is 0 Å². The van der Waals surface area contributed by atoms with E-state index in [0.717, 1.165) is 5.56 Å². The molecule has 2 nitrogen and oxygen atoms in total. The van der Waals surface area contributed by atoms with Crippen LogP contribution in [0.1, 0.15) is 29.9 Å². The second-order valence-corrected chi connectivity index (χ2v) is 5.28. The number of halogens is 1. The molecule has 15 heavy (non-hydrogen) atoms. The quantitative estimate of drug-likeness (QED) is 0.588. The molecule has 0 aliphatic carbocycles. The number of nitriles is 1. The average Bonchev–Trinajstić information content (AvgIpc) is 2.30. The molecule has 78 valence electrons. The first-order chi connectivity index (χ1) is 7.29. The highest BCUT2D eigenvalue weighted by atomic mass is 127. The van der Waals surface area contributed by atoms with Crippen LogP contribution in [0.3, 0.4) is 0 Å². The van der Waals surface area contributed by atoms with Gasteiger partial charge >= 0.3 is 0 Å². The minimum absolute atomic E-state index is 0.684. The van der Waals surface area contributed by atoms with Crippen molar-refractivity contribution >= 4 is 22.9 Å². The van der Waals surface area contributed by atoms with E-state index < -0.39 is 0 Å². The van der Waals surface area contributed by atoms with Gasteiger partial charge < -0.3 is 0 Å². The van der Waals surface area contributed by atoms with Gasteiger partial charge in [0.15, 0.2) is 0 Å². The first-order valence-electron chi connectivity index (χ1n) is 5.20. The molecule has 0 amide bonds. The lowest BCUT2D eigenvalue weighted by Crippen LogP contribution is -2.24. The summed E-state index contributed by atoms with van der Waals surface area (Å²) in [6.07, 6.45) is 2.46. The SMILES string of the molecule is N#Cc1ccc(C2CCN(I)CC2)cc1. The van der Waals surface area contributed by atoms with Crippen molar-refractivity contribution in [2.24, 2.45) is 0 Å². The van der Waals surface area contributed by atoms with Crippen LogP contribution in [0.5, 0.6) is 0 Å². The molecule has 2 rings (SSSR count). The molecule has 0 radical (unpaired) electrons. The Bertz CT molecular complexity index is 358. The Morgan fingerprint density at radius 2 is 1.80 bits per heavy atom. The monoisotopic (exact) mass is 312 g/mol. The van der Waals surface area contributed by atoms with Gasteiger partial charge in [-0.2, -0.15) is 5.26 Å². The Morgan fingerprint density at radius 1 is 1.20 bits per heavy atom. The summed E-state index contributed by atoms with van der Waals surface area (Å²) in [5.41, 5.74) is 2.14. The van der Waals surface area contributed by atoms with Crippen molar-refractivity contribution in [1.82, 2.24) is 3.11 Å². The smallest absolute Gasteiger partial charge is 0.0991 e. The maximum absolute atomic E-state index is 8.72. The molecular formula is C12H13IN2. The Labute approximate surface area is 104 Å². The summed E-state index contributed by atoms with van der Waals surface area (Å²) in [6.45, 7) is 2.34. The van der Waals surface area contributed by atoms with Gasteiger partial charge in [-0.3, -0.25) is 0 Å². The van der Waals surface area contributed by atoms with Gasteiger partial charge in [-0.1, -0.05) is 12.1 Å². The molecule has 1 fully saturated rings. The number of hydrogen-bond donors (Lipinski definition) is 0. The van der Waals surface area contributed by atoms with Crippen LogP contribution >= 0.6 is 22.9 Å². The molecule has 1 aliphatic rings. The predicted octanol–water partition coefficient (Wildman–Crippen LogP) is 3.09. The minimum atomic E-state index is 0.684. The van der Waals surface area contributed by atoms with E-state index in [1.165, 1.54) is 31.5 Å². The van der Waals surface area contributed by atoms with Crippen LogP contribution in [0.4, 0.5) is 0 Å². The highest BCUT2D eigenvalue weighted by Gasteiger charge is 2.18. The van der Waals surface area contributed by atoms with Crippen LogP contribution in [0, 0.1) is 11.3 Å². The standard InChI is InChI=1S/C12H13IN2/c13-15-7-5-12(6-8-15)11-3-1-10(9-14)2-4-11/h1-4,12H,5-8H2. The molecule has 0 bridgehead atoms. The first-order valence-corrected chi connectivity index (χ1v) is 6.17. The van der Waals surface area contributed by atoms with Crippen LogP contribution in [0.25, 0.3) is 0 Å². The third-order valence-corrected chi connectivity index (χ3v) is 3.92. The maximum atomic E-state index is 8.72. The molecule has 1 aliphatic heterocycles. The zero-order valence-corrected chi connectivity index (χ0v) is 10.6. The predicted molar refractivity (Wildman–Crippen MR) is 68.7 cm³/mol. The number of rotatable bonds is 1. The van der Waals surface area contributed by atoms with Gasteiger partial charge in [-0.05, 0) is 36.5 Å².